The summed E-state index contributed by atoms with van der Waals surface area (Å²) in [7, 11) is 0.562. The lowest BCUT2D eigenvalue weighted by atomic mass is 10.2. The monoisotopic (exact) mass is 525 g/mol. The Bertz CT molecular complexity index is 1470. The Morgan fingerprint density at radius 3 is 2.30 bits per heavy atom. The highest BCUT2D eigenvalue weighted by Crippen LogP contribution is 2.37. The first-order chi connectivity index (χ1) is 17.8. The maximum Gasteiger partial charge on any atom is 0.243 e. The van der Waals surface area contributed by atoms with Crippen molar-refractivity contribution in [2.45, 2.75) is 25.5 Å². The summed E-state index contributed by atoms with van der Waals surface area (Å²) in [6, 6.07) is 7.11. The molecule has 0 aliphatic rings. The second kappa shape index (κ2) is 10.8. The van der Waals surface area contributed by atoms with E-state index in [0.717, 1.165) is 5.56 Å². The minimum Gasteiger partial charge on any atom is -0.494 e. The number of aromatic nitrogens is 6. The number of methoxy groups -OCH3 is 3. The number of ether oxygens (including phenoxy) is 3. The molecule has 1 aromatic carbocycles. The molecule has 0 radical (unpaired) electrons. The van der Waals surface area contributed by atoms with Gasteiger partial charge in [-0.2, -0.15) is 0 Å². The number of hydrogen-bond acceptors (Lipinski definition) is 10. The molecule has 3 heterocycles. The number of anilines is 1. The van der Waals surface area contributed by atoms with Gasteiger partial charge >= 0.3 is 0 Å². The Morgan fingerprint density at radius 1 is 0.973 bits per heavy atom. The van der Waals surface area contributed by atoms with E-state index in [2.05, 4.69) is 29.9 Å². The van der Waals surface area contributed by atoms with Crippen LogP contribution in [0.3, 0.4) is 0 Å². The lowest BCUT2D eigenvalue weighted by molar-refractivity contribution is 0.391. The highest BCUT2D eigenvalue weighted by atomic mass is 32.2. The van der Waals surface area contributed by atoms with E-state index in [1.165, 1.54) is 33.7 Å². The number of hydrogen-bond donors (Lipinski definition) is 1. The van der Waals surface area contributed by atoms with Gasteiger partial charge in [0, 0.05) is 24.4 Å². The van der Waals surface area contributed by atoms with Crippen molar-refractivity contribution in [3.05, 3.63) is 60.3 Å². The van der Waals surface area contributed by atoms with Crippen molar-refractivity contribution in [3.63, 3.8) is 0 Å². The summed E-state index contributed by atoms with van der Waals surface area (Å²) >= 11 is 0. The zero-order valence-corrected chi connectivity index (χ0v) is 21.9. The highest BCUT2D eigenvalue weighted by molar-refractivity contribution is 7.93. The second-order valence-electron chi connectivity index (χ2n) is 8.16. The fourth-order valence-corrected chi connectivity index (χ4v) is 4.64. The van der Waals surface area contributed by atoms with E-state index in [4.69, 9.17) is 14.2 Å². The minimum atomic E-state index is -3.94. The summed E-state index contributed by atoms with van der Waals surface area (Å²) in [6.07, 6.45) is 6.37. The van der Waals surface area contributed by atoms with Gasteiger partial charge in [0.05, 0.1) is 44.7 Å². The fraction of sp³-hybridized carbons (Fsp3) is 0.292. The van der Waals surface area contributed by atoms with Gasteiger partial charge in [-0.25, -0.2) is 13.4 Å². The molecule has 0 aliphatic heterocycles. The number of para-hydroxylation sites is 1. The first-order valence-electron chi connectivity index (χ1n) is 11.2. The smallest absolute Gasteiger partial charge is 0.243 e. The van der Waals surface area contributed by atoms with E-state index in [-0.39, 0.29) is 12.4 Å². The van der Waals surface area contributed by atoms with Gasteiger partial charge in [0.1, 0.15) is 17.2 Å². The Morgan fingerprint density at radius 2 is 1.70 bits per heavy atom. The number of nitrogens with one attached hydrogen (secondary N) is 1. The van der Waals surface area contributed by atoms with Crippen molar-refractivity contribution in [2.24, 2.45) is 0 Å². The van der Waals surface area contributed by atoms with Crippen LogP contribution in [0.1, 0.15) is 18.2 Å². The predicted molar refractivity (Wildman–Crippen MR) is 137 cm³/mol. The maximum absolute atomic E-state index is 13.4. The van der Waals surface area contributed by atoms with Gasteiger partial charge in [-0.1, -0.05) is 6.07 Å². The van der Waals surface area contributed by atoms with Gasteiger partial charge in [-0.15, -0.1) is 10.2 Å². The minimum absolute atomic E-state index is 0.0352. The quantitative estimate of drug-likeness (QED) is 0.328. The molecule has 1 atom stereocenters. The molecule has 4 aromatic rings. The van der Waals surface area contributed by atoms with Crippen LogP contribution in [-0.4, -0.2) is 64.7 Å². The summed E-state index contributed by atoms with van der Waals surface area (Å²) < 4.78 is 47.1. The Labute approximate surface area is 214 Å². The molecule has 0 aliphatic carbocycles. The number of nitrogens with zero attached hydrogens (tertiary/aromatic N) is 6. The van der Waals surface area contributed by atoms with Crippen molar-refractivity contribution in [3.8, 4) is 34.5 Å². The molecule has 0 saturated heterocycles. The highest BCUT2D eigenvalue weighted by Gasteiger charge is 2.28. The van der Waals surface area contributed by atoms with Crippen LogP contribution >= 0.6 is 0 Å². The average molecular weight is 526 g/mol. The largest absolute Gasteiger partial charge is 0.494 e. The number of pyridine rings is 1. The predicted octanol–water partition coefficient (Wildman–Crippen LogP) is 2.83. The molecule has 0 bridgehead atoms. The number of sulfonamides is 1. The zero-order chi connectivity index (χ0) is 26.6. The van der Waals surface area contributed by atoms with Gasteiger partial charge in [-0.3, -0.25) is 19.3 Å². The normalized spacial score (nSPS) is 12.1. The van der Waals surface area contributed by atoms with Crippen LogP contribution in [0.15, 0.2) is 49.1 Å². The van der Waals surface area contributed by atoms with Crippen LogP contribution in [0.25, 0.3) is 17.1 Å². The summed E-state index contributed by atoms with van der Waals surface area (Å²) in [4.78, 5) is 12.6. The van der Waals surface area contributed by atoms with Crippen molar-refractivity contribution in [1.82, 2.24) is 29.7 Å². The number of aryl methyl sites for hydroxylation is 1. The van der Waals surface area contributed by atoms with Crippen LogP contribution < -0.4 is 18.9 Å². The standard InChI is InChI=1S/C24H27N7O5S/c1-15-9-17(12-25-11-15)23-28-29-24(31(23)22-19(34-3)7-6-8-20(22)35-4)30-37(32,33)16(2)10-18-13-27-21(36-5)14-26-18/h6-9,11-14,16H,10H2,1-5H3,(H,29,30)/t16-/m1/s1. The van der Waals surface area contributed by atoms with E-state index >= 15 is 0 Å². The summed E-state index contributed by atoms with van der Waals surface area (Å²) in [5.41, 5.74) is 2.46. The van der Waals surface area contributed by atoms with E-state index < -0.39 is 15.3 Å². The van der Waals surface area contributed by atoms with E-state index in [1.807, 2.05) is 13.0 Å². The lowest BCUT2D eigenvalue weighted by Gasteiger charge is -2.19. The molecule has 1 N–H and O–H groups in total. The first-order valence-corrected chi connectivity index (χ1v) is 12.8. The van der Waals surface area contributed by atoms with Crippen molar-refractivity contribution < 1.29 is 22.6 Å². The summed E-state index contributed by atoms with van der Waals surface area (Å²) in [5, 5.41) is 7.61. The second-order valence-corrected chi connectivity index (χ2v) is 10.3. The van der Waals surface area contributed by atoms with Crippen LogP contribution in [-0.2, 0) is 16.4 Å². The SMILES string of the molecule is COc1cnc(C[C@@H](C)S(=O)(=O)Nc2nnc(-c3cncc(C)c3)n2-c2c(OC)cccc2OC)cn1. The van der Waals surface area contributed by atoms with Gasteiger partial charge in [-0.05, 0) is 37.6 Å². The molecular formula is C24H27N7O5S. The molecule has 0 fully saturated rings. The van der Waals surface area contributed by atoms with Gasteiger partial charge in [0.15, 0.2) is 5.82 Å². The molecule has 194 valence electrons. The third kappa shape index (κ3) is 5.45. The van der Waals surface area contributed by atoms with Crippen LogP contribution in [0.2, 0.25) is 0 Å². The van der Waals surface area contributed by atoms with E-state index in [1.54, 1.807) is 42.1 Å². The molecule has 12 nitrogen and oxygen atoms in total. The third-order valence-corrected chi connectivity index (χ3v) is 7.27. The average Bonchev–Trinajstić information content (AvgIpc) is 3.30. The zero-order valence-electron chi connectivity index (χ0n) is 21.0. The molecule has 37 heavy (non-hydrogen) atoms. The molecular weight excluding hydrogens is 498 g/mol. The number of benzene rings is 1. The van der Waals surface area contributed by atoms with Gasteiger partial charge in [0.25, 0.3) is 0 Å². The molecule has 0 spiro atoms. The maximum atomic E-state index is 13.4. The Balaban J connectivity index is 1.78. The topological polar surface area (TPSA) is 143 Å². The van der Waals surface area contributed by atoms with Crippen molar-refractivity contribution in [2.75, 3.05) is 26.1 Å². The van der Waals surface area contributed by atoms with Crippen LogP contribution in [0.5, 0.6) is 17.4 Å². The summed E-state index contributed by atoms with van der Waals surface area (Å²) in [6.45, 7) is 3.47. The van der Waals surface area contributed by atoms with E-state index in [0.29, 0.717) is 40.1 Å². The molecule has 0 unspecified atom stereocenters. The fourth-order valence-electron chi connectivity index (χ4n) is 3.66. The molecule has 0 amide bonds. The first kappa shape index (κ1) is 25.8. The Kier molecular flexibility index (Phi) is 7.53. The van der Waals surface area contributed by atoms with Gasteiger partial charge < -0.3 is 14.2 Å². The van der Waals surface area contributed by atoms with Gasteiger partial charge in [0.2, 0.25) is 21.9 Å². The molecule has 13 heteroatoms. The molecule has 0 saturated carbocycles. The molecule has 3 aromatic heterocycles. The van der Waals surface area contributed by atoms with Crippen LogP contribution in [0, 0.1) is 6.92 Å². The Hall–Kier alpha value is -4.26. The van der Waals surface area contributed by atoms with Crippen molar-refractivity contribution in [1.29, 1.82) is 0 Å². The van der Waals surface area contributed by atoms with Crippen LogP contribution in [0.4, 0.5) is 5.95 Å². The number of rotatable bonds is 10. The third-order valence-electron chi connectivity index (χ3n) is 5.57. The lowest BCUT2D eigenvalue weighted by Crippen LogP contribution is -2.29. The van der Waals surface area contributed by atoms with E-state index in [9.17, 15) is 8.42 Å². The summed E-state index contributed by atoms with van der Waals surface area (Å²) in [5.74, 6) is 1.53. The van der Waals surface area contributed by atoms with Crippen molar-refractivity contribution >= 4 is 16.0 Å². The molecule has 4 rings (SSSR count).